The molecule has 1 aromatic heterocycles. The van der Waals surface area contributed by atoms with Gasteiger partial charge in [-0.3, -0.25) is 9.36 Å². The zero-order valence-electron chi connectivity index (χ0n) is 19.2. The van der Waals surface area contributed by atoms with Gasteiger partial charge in [-0.25, -0.2) is 4.39 Å². The molecule has 1 atom stereocenters. The molecule has 174 valence electrons. The fourth-order valence-electron chi connectivity index (χ4n) is 4.51. The first kappa shape index (κ1) is 22.0. The van der Waals surface area contributed by atoms with E-state index < -0.39 is 11.7 Å². The number of carbonyl (C=O) groups excluding carboxylic acids is 1. The number of nitrogens with one attached hydrogen (secondary N) is 1. The van der Waals surface area contributed by atoms with Crippen molar-refractivity contribution in [3.05, 3.63) is 84.3 Å². The first-order valence-corrected chi connectivity index (χ1v) is 11.3. The van der Waals surface area contributed by atoms with E-state index in [2.05, 4.69) is 29.2 Å². The second-order valence-electron chi connectivity index (χ2n) is 8.93. The Labute approximate surface area is 197 Å². The van der Waals surface area contributed by atoms with E-state index in [-0.39, 0.29) is 11.6 Å². The normalized spacial score (nSPS) is 15.9. The fourth-order valence-corrected chi connectivity index (χ4v) is 4.51. The van der Waals surface area contributed by atoms with Crippen molar-refractivity contribution < 1.29 is 14.3 Å². The standard InChI is InChI=1S/C27H27FN4O2/c1-30(2)22-13-14-31(17-22)21-11-12-25(24(28)15-21)29-26(33)18-7-9-20(10-8-18)32-16-19-5-3-4-6-23(19)27(32)34/h3-12,15-16,22,34H,13-14,17H2,1-2H3,(H,29,33). The maximum atomic E-state index is 14.8. The number of carbonyl (C=O) groups is 1. The summed E-state index contributed by atoms with van der Waals surface area (Å²) < 4.78 is 16.5. The number of aromatic nitrogens is 1. The smallest absolute Gasteiger partial charge is 0.255 e. The summed E-state index contributed by atoms with van der Waals surface area (Å²) in [6, 6.07) is 19.8. The molecule has 6 nitrogen and oxygen atoms in total. The molecule has 0 saturated carbocycles. The minimum atomic E-state index is -0.459. The first-order valence-electron chi connectivity index (χ1n) is 11.3. The van der Waals surface area contributed by atoms with Crippen molar-refractivity contribution >= 4 is 28.1 Å². The highest BCUT2D eigenvalue weighted by Gasteiger charge is 2.24. The third kappa shape index (κ3) is 4.10. The van der Waals surface area contributed by atoms with Gasteiger partial charge in [0.25, 0.3) is 5.91 Å². The Bertz CT molecular complexity index is 1350. The largest absolute Gasteiger partial charge is 0.494 e. The summed E-state index contributed by atoms with van der Waals surface area (Å²) in [6.07, 6.45) is 2.89. The summed E-state index contributed by atoms with van der Waals surface area (Å²) in [5.41, 5.74) is 2.10. The van der Waals surface area contributed by atoms with Crippen LogP contribution in [-0.4, -0.2) is 53.7 Å². The van der Waals surface area contributed by atoms with Crippen LogP contribution < -0.4 is 10.2 Å². The van der Waals surface area contributed by atoms with E-state index in [1.807, 2.05) is 36.5 Å². The summed E-state index contributed by atoms with van der Waals surface area (Å²) in [6.45, 7) is 1.74. The summed E-state index contributed by atoms with van der Waals surface area (Å²) >= 11 is 0. The van der Waals surface area contributed by atoms with E-state index in [1.54, 1.807) is 34.9 Å². The highest BCUT2D eigenvalue weighted by atomic mass is 19.1. The van der Waals surface area contributed by atoms with Crippen LogP contribution in [0.5, 0.6) is 5.88 Å². The minimum Gasteiger partial charge on any atom is -0.494 e. The van der Waals surface area contributed by atoms with Crippen LogP contribution in [0.2, 0.25) is 0 Å². The number of fused-ring (bicyclic) bond motifs is 1. The Morgan fingerprint density at radius 2 is 1.79 bits per heavy atom. The van der Waals surface area contributed by atoms with Crippen LogP contribution in [0.25, 0.3) is 16.5 Å². The fraction of sp³-hybridized carbons (Fsp3) is 0.222. The Morgan fingerprint density at radius 1 is 1.06 bits per heavy atom. The van der Waals surface area contributed by atoms with Crippen molar-refractivity contribution in [3.8, 4) is 11.6 Å². The molecule has 1 fully saturated rings. The van der Waals surface area contributed by atoms with Crippen LogP contribution in [0, 0.1) is 5.82 Å². The number of hydrogen-bond donors (Lipinski definition) is 2. The molecule has 1 saturated heterocycles. The maximum absolute atomic E-state index is 14.8. The van der Waals surface area contributed by atoms with E-state index in [9.17, 15) is 14.3 Å². The van der Waals surface area contributed by atoms with Gasteiger partial charge in [0.15, 0.2) is 0 Å². The average Bonchev–Trinajstić information content (AvgIpc) is 3.46. The zero-order chi connectivity index (χ0) is 23.8. The van der Waals surface area contributed by atoms with Crippen molar-refractivity contribution in [2.75, 3.05) is 37.4 Å². The predicted molar refractivity (Wildman–Crippen MR) is 134 cm³/mol. The van der Waals surface area contributed by atoms with Gasteiger partial charge in [0.1, 0.15) is 5.82 Å². The highest BCUT2D eigenvalue weighted by Crippen LogP contribution is 2.30. The van der Waals surface area contributed by atoms with E-state index in [0.717, 1.165) is 41.7 Å². The second kappa shape index (κ2) is 8.83. The van der Waals surface area contributed by atoms with Crippen LogP contribution in [0.3, 0.4) is 0 Å². The number of halogens is 1. The van der Waals surface area contributed by atoms with Crippen molar-refractivity contribution in [1.29, 1.82) is 0 Å². The topological polar surface area (TPSA) is 60.7 Å². The monoisotopic (exact) mass is 458 g/mol. The molecule has 0 aliphatic carbocycles. The Morgan fingerprint density at radius 3 is 2.47 bits per heavy atom. The van der Waals surface area contributed by atoms with Crippen LogP contribution in [-0.2, 0) is 0 Å². The van der Waals surface area contributed by atoms with Crippen molar-refractivity contribution in [1.82, 2.24) is 9.47 Å². The number of benzene rings is 3. The summed E-state index contributed by atoms with van der Waals surface area (Å²) in [5.74, 6) is -0.710. The Hall–Kier alpha value is -3.84. The molecule has 34 heavy (non-hydrogen) atoms. The van der Waals surface area contributed by atoms with Crippen LogP contribution >= 0.6 is 0 Å². The Balaban J connectivity index is 1.29. The molecule has 7 heteroatoms. The lowest BCUT2D eigenvalue weighted by Crippen LogP contribution is -2.31. The number of likely N-dealkylation sites (N-methyl/N-ethyl adjacent to an activating group) is 1. The van der Waals surface area contributed by atoms with Crippen molar-refractivity contribution in [2.45, 2.75) is 12.5 Å². The number of hydrogen-bond acceptors (Lipinski definition) is 4. The average molecular weight is 459 g/mol. The molecule has 5 rings (SSSR count). The van der Waals surface area contributed by atoms with E-state index >= 15 is 0 Å². The molecule has 2 heterocycles. The highest BCUT2D eigenvalue weighted by molar-refractivity contribution is 6.04. The van der Waals surface area contributed by atoms with E-state index in [1.165, 1.54) is 6.07 Å². The second-order valence-corrected chi connectivity index (χ2v) is 8.93. The van der Waals surface area contributed by atoms with Crippen LogP contribution in [0.1, 0.15) is 16.8 Å². The van der Waals surface area contributed by atoms with Gasteiger partial charge in [0.05, 0.1) is 5.69 Å². The van der Waals surface area contributed by atoms with E-state index in [4.69, 9.17) is 0 Å². The molecule has 1 unspecified atom stereocenters. The van der Waals surface area contributed by atoms with Gasteiger partial charge < -0.3 is 20.2 Å². The molecule has 1 aliphatic heterocycles. The quantitative estimate of drug-likeness (QED) is 0.448. The molecule has 0 spiro atoms. The predicted octanol–water partition coefficient (Wildman–Crippen LogP) is 4.87. The Kier molecular flexibility index (Phi) is 5.71. The van der Waals surface area contributed by atoms with Gasteiger partial charge in [-0.2, -0.15) is 0 Å². The third-order valence-electron chi connectivity index (χ3n) is 6.57. The number of nitrogens with zero attached hydrogens (tertiary/aromatic N) is 3. The molecule has 0 radical (unpaired) electrons. The van der Waals surface area contributed by atoms with Gasteiger partial charge in [-0.05, 0) is 69.0 Å². The third-order valence-corrected chi connectivity index (χ3v) is 6.57. The van der Waals surface area contributed by atoms with Crippen LogP contribution in [0.4, 0.5) is 15.8 Å². The number of aromatic hydroxyl groups is 1. The summed E-state index contributed by atoms with van der Waals surface area (Å²) in [4.78, 5) is 17.1. The molecule has 0 bridgehead atoms. The lowest BCUT2D eigenvalue weighted by molar-refractivity contribution is 0.102. The minimum absolute atomic E-state index is 0.143. The molecular weight excluding hydrogens is 431 g/mol. The van der Waals surface area contributed by atoms with Gasteiger partial charge in [0, 0.05) is 53.0 Å². The lowest BCUT2D eigenvalue weighted by atomic mass is 10.1. The summed E-state index contributed by atoms with van der Waals surface area (Å²) in [5, 5.41) is 14.9. The van der Waals surface area contributed by atoms with Crippen molar-refractivity contribution in [2.24, 2.45) is 0 Å². The van der Waals surface area contributed by atoms with Gasteiger partial charge >= 0.3 is 0 Å². The SMILES string of the molecule is CN(C)C1CCN(c2ccc(NC(=O)c3ccc(-n4cc5ccccc5c4O)cc3)c(F)c2)C1. The molecule has 3 aromatic carbocycles. The molecular formula is C27H27FN4O2. The van der Waals surface area contributed by atoms with E-state index in [0.29, 0.717) is 11.6 Å². The first-order chi connectivity index (χ1) is 16.4. The van der Waals surface area contributed by atoms with Gasteiger partial charge in [0.2, 0.25) is 5.88 Å². The number of anilines is 2. The molecule has 2 N–H and O–H groups in total. The zero-order valence-corrected chi connectivity index (χ0v) is 19.2. The molecule has 1 aliphatic rings. The number of amides is 1. The molecule has 4 aromatic rings. The number of rotatable bonds is 5. The molecule has 1 amide bonds. The van der Waals surface area contributed by atoms with Gasteiger partial charge in [-0.1, -0.05) is 18.2 Å². The lowest BCUT2D eigenvalue weighted by Gasteiger charge is -2.22. The summed E-state index contributed by atoms with van der Waals surface area (Å²) in [7, 11) is 4.12. The van der Waals surface area contributed by atoms with Crippen molar-refractivity contribution in [3.63, 3.8) is 0 Å². The van der Waals surface area contributed by atoms with Gasteiger partial charge in [-0.15, -0.1) is 0 Å². The van der Waals surface area contributed by atoms with Crippen LogP contribution in [0.15, 0.2) is 72.9 Å². The maximum Gasteiger partial charge on any atom is 0.255 e.